The van der Waals surface area contributed by atoms with E-state index in [1.165, 1.54) is 0 Å². The molecule has 0 aromatic heterocycles. The molecule has 1 aliphatic rings. The predicted molar refractivity (Wildman–Crippen MR) is 68.0 cm³/mol. The van der Waals surface area contributed by atoms with Crippen molar-refractivity contribution in [1.82, 2.24) is 4.90 Å². The number of hydrogen-bond acceptors (Lipinski definition) is 2. The minimum atomic E-state index is 0.134. The third-order valence-corrected chi connectivity index (χ3v) is 3.24. The van der Waals surface area contributed by atoms with E-state index in [0.29, 0.717) is 6.04 Å². The van der Waals surface area contributed by atoms with Crippen LogP contribution in [-0.2, 0) is 0 Å². The van der Waals surface area contributed by atoms with Crippen LogP contribution in [0.15, 0.2) is 29.2 Å². The molecule has 0 bridgehead atoms. The normalized spacial score (nSPS) is 14.9. The molecule has 0 aliphatic heterocycles. The number of amides is 1. The highest BCUT2D eigenvalue weighted by atomic mass is 32.1. The molecule has 86 valence electrons. The van der Waals surface area contributed by atoms with Crippen molar-refractivity contribution in [3.8, 4) is 0 Å². The first-order valence-corrected chi connectivity index (χ1v) is 6.27. The first kappa shape index (κ1) is 11.5. The molecule has 1 amide bonds. The Kier molecular flexibility index (Phi) is 3.54. The lowest BCUT2D eigenvalue weighted by Gasteiger charge is -2.22. The number of nitrogens with zero attached hydrogens (tertiary/aromatic N) is 1. The topological polar surface area (TPSA) is 20.3 Å². The minimum absolute atomic E-state index is 0.134. The molecular formula is C13H17NOS. The SMILES string of the molecule is CCCN(C(=O)c1ccccc1S)C1CC1. The highest BCUT2D eigenvalue weighted by Crippen LogP contribution is 2.29. The Balaban J connectivity index is 2.19. The van der Waals surface area contributed by atoms with Gasteiger partial charge in [-0.3, -0.25) is 4.79 Å². The Morgan fingerprint density at radius 1 is 1.44 bits per heavy atom. The molecule has 1 aromatic carbocycles. The van der Waals surface area contributed by atoms with Gasteiger partial charge >= 0.3 is 0 Å². The molecule has 0 saturated heterocycles. The first-order valence-electron chi connectivity index (χ1n) is 5.83. The molecule has 1 saturated carbocycles. The second-order valence-corrected chi connectivity index (χ2v) is 4.73. The molecule has 1 aromatic rings. The van der Waals surface area contributed by atoms with Crippen molar-refractivity contribution >= 4 is 18.5 Å². The molecule has 3 heteroatoms. The smallest absolute Gasteiger partial charge is 0.255 e. The second kappa shape index (κ2) is 4.91. The van der Waals surface area contributed by atoms with Crippen LogP contribution in [0.5, 0.6) is 0 Å². The standard InChI is InChI=1S/C13H17NOS/c1-2-9-14(10-7-8-10)13(15)11-5-3-4-6-12(11)16/h3-6,10,16H,2,7-9H2,1H3. The highest BCUT2D eigenvalue weighted by Gasteiger charge is 2.32. The Bertz CT molecular complexity index is 387. The Labute approximate surface area is 102 Å². The van der Waals surface area contributed by atoms with Gasteiger partial charge in [0.1, 0.15) is 0 Å². The van der Waals surface area contributed by atoms with E-state index in [-0.39, 0.29) is 5.91 Å². The first-order chi connectivity index (χ1) is 7.74. The average molecular weight is 235 g/mol. The molecule has 0 unspecified atom stereocenters. The van der Waals surface area contributed by atoms with Crippen LogP contribution >= 0.6 is 12.6 Å². The minimum Gasteiger partial charge on any atom is -0.336 e. The molecule has 1 fully saturated rings. The van der Waals surface area contributed by atoms with Crippen molar-refractivity contribution < 1.29 is 4.79 Å². The van der Waals surface area contributed by atoms with E-state index >= 15 is 0 Å². The Morgan fingerprint density at radius 2 is 2.12 bits per heavy atom. The average Bonchev–Trinajstić information content (AvgIpc) is 3.09. The summed E-state index contributed by atoms with van der Waals surface area (Å²) in [6, 6.07) is 7.99. The van der Waals surface area contributed by atoms with Crippen LogP contribution in [0.1, 0.15) is 36.5 Å². The van der Waals surface area contributed by atoms with Crippen molar-refractivity contribution in [1.29, 1.82) is 0 Å². The van der Waals surface area contributed by atoms with Crippen LogP contribution in [-0.4, -0.2) is 23.4 Å². The van der Waals surface area contributed by atoms with E-state index in [2.05, 4.69) is 19.6 Å². The van der Waals surface area contributed by atoms with E-state index in [4.69, 9.17) is 0 Å². The van der Waals surface area contributed by atoms with E-state index in [0.717, 1.165) is 36.3 Å². The van der Waals surface area contributed by atoms with Gasteiger partial charge in [-0.05, 0) is 31.4 Å². The molecule has 0 heterocycles. The summed E-state index contributed by atoms with van der Waals surface area (Å²) < 4.78 is 0. The number of carbonyl (C=O) groups excluding carboxylic acids is 1. The summed E-state index contributed by atoms with van der Waals surface area (Å²) in [5.74, 6) is 0.134. The maximum Gasteiger partial charge on any atom is 0.255 e. The van der Waals surface area contributed by atoms with Crippen LogP contribution in [0.25, 0.3) is 0 Å². The maximum atomic E-state index is 12.3. The van der Waals surface area contributed by atoms with Crippen molar-refractivity contribution in [3.63, 3.8) is 0 Å². The summed E-state index contributed by atoms with van der Waals surface area (Å²) in [5, 5.41) is 0. The van der Waals surface area contributed by atoms with E-state index in [1.807, 2.05) is 29.2 Å². The monoisotopic (exact) mass is 235 g/mol. The fourth-order valence-electron chi connectivity index (χ4n) is 1.89. The molecule has 2 nitrogen and oxygen atoms in total. The summed E-state index contributed by atoms with van der Waals surface area (Å²) in [6.07, 6.45) is 3.32. The van der Waals surface area contributed by atoms with Gasteiger partial charge in [-0.25, -0.2) is 0 Å². The summed E-state index contributed by atoms with van der Waals surface area (Å²) >= 11 is 4.34. The fourth-order valence-corrected chi connectivity index (χ4v) is 2.14. The largest absolute Gasteiger partial charge is 0.336 e. The zero-order chi connectivity index (χ0) is 11.5. The van der Waals surface area contributed by atoms with Gasteiger partial charge in [0.25, 0.3) is 5.91 Å². The highest BCUT2D eigenvalue weighted by molar-refractivity contribution is 7.80. The van der Waals surface area contributed by atoms with Gasteiger partial charge in [0.2, 0.25) is 0 Å². The second-order valence-electron chi connectivity index (χ2n) is 4.25. The summed E-state index contributed by atoms with van der Waals surface area (Å²) in [4.78, 5) is 15.1. The van der Waals surface area contributed by atoms with Crippen LogP contribution < -0.4 is 0 Å². The summed E-state index contributed by atoms with van der Waals surface area (Å²) in [7, 11) is 0. The Hall–Kier alpha value is -0.960. The lowest BCUT2D eigenvalue weighted by atomic mass is 10.2. The van der Waals surface area contributed by atoms with Gasteiger partial charge in [0, 0.05) is 17.5 Å². The Morgan fingerprint density at radius 3 is 2.69 bits per heavy atom. The number of thiol groups is 1. The number of rotatable bonds is 4. The van der Waals surface area contributed by atoms with Crippen LogP contribution in [0.4, 0.5) is 0 Å². The van der Waals surface area contributed by atoms with Crippen molar-refractivity contribution in [2.45, 2.75) is 37.1 Å². The van der Waals surface area contributed by atoms with E-state index in [1.54, 1.807) is 0 Å². The van der Waals surface area contributed by atoms with Crippen molar-refractivity contribution in [2.24, 2.45) is 0 Å². The zero-order valence-electron chi connectivity index (χ0n) is 9.52. The molecule has 0 atom stereocenters. The van der Waals surface area contributed by atoms with Crippen LogP contribution in [0.3, 0.4) is 0 Å². The van der Waals surface area contributed by atoms with E-state index in [9.17, 15) is 4.79 Å². The molecular weight excluding hydrogens is 218 g/mol. The zero-order valence-corrected chi connectivity index (χ0v) is 10.4. The van der Waals surface area contributed by atoms with Gasteiger partial charge in [-0.1, -0.05) is 19.1 Å². The molecule has 1 aliphatic carbocycles. The van der Waals surface area contributed by atoms with Crippen LogP contribution in [0.2, 0.25) is 0 Å². The third-order valence-electron chi connectivity index (χ3n) is 2.85. The molecule has 0 N–H and O–H groups in total. The van der Waals surface area contributed by atoms with Crippen molar-refractivity contribution in [3.05, 3.63) is 29.8 Å². The third kappa shape index (κ3) is 2.40. The van der Waals surface area contributed by atoms with Gasteiger partial charge < -0.3 is 4.90 Å². The van der Waals surface area contributed by atoms with Gasteiger partial charge in [-0.15, -0.1) is 12.6 Å². The molecule has 16 heavy (non-hydrogen) atoms. The summed E-state index contributed by atoms with van der Waals surface area (Å²) in [6.45, 7) is 2.96. The number of hydrogen-bond donors (Lipinski definition) is 1. The van der Waals surface area contributed by atoms with Gasteiger partial charge in [0.15, 0.2) is 0 Å². The number of carbonyl (C=O) groups is 1. The lowest BCUT2D eigenvalue weighted by Crippen LogP contribution is -2.34. The fraction of sp³-hybridized carbons (Fsp3) is 0.462. The maximum absolute atomic E-state index is 12.3. The van der Waals surface area contributed by atoms with Gasteiger partial charge in [0.05, 0.1) is 5.56 Å². The van der Waals surface area contributed by atoms with Crippen LogP contribution in [0, 0.1) is 0 Å². The predicted octanol–water partition coefficient (Wildman–Crippen LogP) is 2.99. The lowest BCUT2D eigenvalue weighted by molar-refractivity contribution is 0.0739. The van der Waals surface area contributed by atoms with Crippen molar-refractivity contribution in [2.75, 3.05) is 6.54 Å². The molecule has 2 rings (SSSR count). The van der Waals surface area contributed by atoms with E-state index < -0.39 is 0 Å². The summed E-state index contributed by atoms with van der Waals surface area (Å²) in [5.41, 5.74) is 0.728. The molecule has 0 spiro atoms. The number of benzene rings is 1. The van der Waals surface area contributed by atoms with Gasteiger partial charge in [-0.2, -0.15) is 0 Å². The molecule has 0 radical (unpaired) electrons. The quantitative estimate of drug-likeness (QED) is 0.795.